The molecule has 0 aliphatic carbocycles. The molecule has 0 radical (unpaired) electrons. The monoisotopic (exact) mass is 246 g/mol. The summed E-state index contributed by atoms with van der Waals surface area (Å²) in [5.41, 5.74) is 0.515. The topological polar surface area (TPSA) is 78.4 Å². The minimum atomic E-state index is -1.11. The van der Waals surface area contributed by atoms with Crippen LogP contribution in [0.3, 0.4) is 0 Å². The maximum Gasteiger partial charge on any atom is 0.330 e. The van der Waals surface area contributed by atoms with Gasteiger partial charge in [-0.15, -0.1) is 5.92 Å². The minimum Gasteiger partial charge on any atom is -0.479 e. The lowest BCUT2D eigenvalue weighted by atomic mass is 10.1. The Kier molecular flexibility index (Phi) is 5.26. The van der Waals surface area contributed by atoms with Gasteiger partial charge in [0.1, 0.15) is 0 Å². The number of hydrogen-bond acceptors (Lipinski definition) is 2. The number of nitrogens with one attached hydrogen (secondary N) is 2. The van der Waals surface area contributed by atoms with E-state index in [2.05, 4.69) is 22.5 Å². The number of amides is 2. The van der Waals surface area contributed by atoms with Gasteiger partial charge in [-0.3, -0.25) is 0 Å². The summed E-state index contributed by atoms with van der Waals surface area (Å²) in [6.45, 7) is 1.84. The normalized spacial score (nSPS) is 10.7. The summed E-state index contributed by atoms with van der Waals surface area (Å²) < 4.78 is 0. The molecule has 18 heavy (non-hydrogen) atoms. The molecular formula is C13H14N2O3. The van der Waals surface area contributed by atoms with E-state index in [0.717, 1.165) is 0 Å². The number of aliphatic carboxylic acids is 1. The number of carbonyl (C=O) groups is 2. The van der Waals surface area contributed by atoms with Gasteiger partial charge >= 0.3 is 12.0 Å². The average Bonchev–Trinajstić information content (AvgIpc) is 2.37. The van der Waals surface area contributed by atoms with E-state index in [0.29, 0.717) is 5.56 Å². The fourth-order valence-corrected chi connectivity index (χ4v) is 1.33. The van der Waals surface area contributed by atoms with Crippen LogP contribution in [0, 0.1) is 11.8 Å². The second kappa shape index (κ2) is 6.97. The molecule has 0 aliphatic rings. The molecule has 0 saturated carbocycles. The molecule has 0 aromatic heterocycles. The van der Waals surface area contributed by atoms with E-state index >= 15 is 0 Å². The van der Waals surface area contributed by atoms with Gasteiger partial charge in [-0.2, -0.15) is 0 Å². The van der Waals surface area contributed by atoms with Crippen molar-refractivity contribution in [2.24, 2.45) is 0 Å². The Hall–Kier alpha value is -2.48. The third-order valence-corrected chi connectivity index (χ3v) is 2.17. The van der Waals surface area contributed by atoms with Gasteiger partial charge in [0.2, 0.25) is 0 Å². The van der Waals surface area contributed by atoms with Crippen LogP contribution in [0.15, 0.2) is 30.3 Å². The molecule has 5 heteroatoms. The van der Waals surface area contributed by atoms with Gasteiger partial charge in [-0.25, -0.2) is 9.59 Å². The number of carbonyl (C=O) groups excluding carboxylic acids is 1. The SMILES string of the molecule is CC#CCNC(=O)N[C@@H](C(=O)O)c1ccccc1. The van der Waals surface area contributed by atoms with Crippen molar-refractivity contribution in [3.63, 3.8) is 0 Å². The van der Waals surface area contributed by atoms with E-state index in [9.17, 15) is 9.59 Å². The van der Waals surface area contributed by atoms with Crippen LogP contribution < -0.4 is 10.6 Å². The zero-order valence-electron chi connectivity index (χ0n) is 9.93. The first-order valence-electron chi connectivity index (χ1n) is 5.37. The van der Waals surface area contributed by atoms with E-state index in [-0.39, 0.29) is 6.54 Å². The summed E-state index contributed by atoms with van der Waals surface area (Å²) in [5, 5.41) is 13.9. The lowest BCUT2D eigenvalue weighted by Crippen LogP contribution is -2.41. The lowest BCUT2D eigenvalue weighted by molar-refractivity contribution is -0.139. The molecule has 94 valence electrons. The third kappa shape index (κ3) is 4.18. The second-order valence-corrected chi connectivity index (χ2v) is 3.44. The number of rotatable bonds is 4. The van der Waals surface area contributed by atoms with Gasteiger partial charge < -0.3 is 15.7 Å². The Morgan fingerprint density at radius 2 is 2.00 bits per heavy atom. The number of carboxylic acids is 1. The van der Waals surface area contributed by atoms with Crippen LogP contribution in [-0.2, 0) is 4.79 Å². The Morgan fingerprint density at radius 1 is 1.33 bits per heavy atom. The van der Waals surface area contributed by atoms with Crippen LogP contribution in [0.1, 0.15) is 18.5 Å². The van der Waals surface area contributed by atoms with Crippen molar-refractivity contribution in [3.05, 3.63) is 35.9 Å². The van der Waals surface area contributed by atoms with Gasteiger partial charge in [0, 0.05) is 0 Å². The van der Waals surface area contributed by atoms with Gasteiger partial charge in [-0.1, -0.05) is 36.3 Å². The molecule has 1 aromatic rings. The highest BCUT2D eigenvalue weighted by atomic mass is 16.4. The smallest absolute Gasteiger partial charge is 0.330 e. The maximum atomic E-state index is 11.5. The summed E-state index contributed by atoms with van der Waals surface area (Å²) >= 11 is 0. The molecule has 0 spiro atoms. The Morgan fingerprint density at radius 3 is 2.56 bits per heavy atom. The van der Waals surface area contributed by atoms with E-state index in [1.807, 2.05) is 0 Å². The molecule has 0 fully saturated rings. The summed E-state index contributed by atoms with van der Waals surface area (Å²) in [4.78, 5) is 22.5. The van der Waals surface area contributed by atoms with Crippen molar-refractivity contribution in [3.8, 4) is 11.8 Å². The largest absolute Gasteiger partial charge is 0.479 e. The van der Waals surface area contributed by atoms with Crippen molar-refractivity contribution < 1.29 is 14.7 Å². The first-order chi connectivity index (χ1) is 8.65. The molecule has 0 bridgehead atoms. The quantitative estimate of drug-likeness (QED) is 0.697. The van der Waals surface area contributed by atoms with E-state index < -0.39 is 18.0 Å². The predicted octanol–water partition coefficient (Wildman–Crippen LogP) is 1.13. The lowest BCUT2D eigenvalue weighted by Gasteiger charge is -2.14. The van der Waals surface area contributed by atoms with Crippen molar-refractivity contribution in [2.75, 3.05) is 6.54 Å². The minimum absolute atomic E-state index is 0.184. The summed E-state index contributed by atoms with van der Waals surface area (Å²) in [5.74, 6) is 4.16. The molecule has 5 nitrogen and oxygen atoms in total. The highest BCUT2D eigenvalue weighted by Crippen LogP contribution is 2.12. The van der Waals surface area contributed by atoms with Crippen LogP contribution in [-0.4, -0.2) is 23.7 Å². The van der Waals surface area contributed by atoms with Crippen LogP contribution >= 0.6 is 0 Å². The Labute approximate surface area is 105 Å². The molecule has 1 aromatic carbocycles. The number of carboxylic acid groups (broad SMARTS) is 1. The molecule has 0 heterocycles. The van der Waals surface area contributed by atoms with Gasteiger partial charge in [-0.05, 0) is 12.5 Å². The molecule has 1 rings (SSSR count). The van der Waals surface area contributed by atoms with Crippen LogP contribution in [0.2, 0.25) is 0 Å². The van der Waals surface area contributed by atoms with Gasteiger partial charge in [0.15, 0.2) is 6.04 Å². The average molecular weight is 246 g/mol. The van der Waals surface area contributed by atoms with E-state index in [1.54, 1.807) is 37.3 Å². The van der Waals surface area contributed by atoms with Gasteiger partial charge in [0.25, 0.3) is 0 Å². The van der Waals surface area contributed by atoms with Crippen molar-refractivity contribution >= 4 is 12.0 Å². The van der Waals surface area contributed by atoms with E-state index in [1.165, 1.54) is 0 Å². The number of hydrogen-bond donors (Lipinski definition) is 3. The molecule has 2 amide bonds. The van der Waals surface area contributed by atoms with Crippen molar-refractivity contribution in [1.29, 1.82) is 0 Å². The molecule has 0 saturated heterocycles. The Balaban J connectivity index is 2.66. The Bertz CT molecular complexity index is 474. The molecule has 3 N–H and O–H groups in total. The second-order valence-electron chi connectivity index (χ2n) is 3.44. The van der Waals surface area contributed by atoms with Crippen LogP contribution in [0.5, 0.6) is 0 Å². The third-order valence-electron chi connectivity index (χ3n) is 2.17. The molecule has 0 aliphatic heterocycles. The molecule has 1 atom stereocenters. The molecular weight excluding hydrogens is 232 g/mol. The first kappa shape index (κ1) is 13.6. The number of benzene rings is 1. The highest BCUT2D eigenvalue weighted by molar-refractivity contribution is 5.83. The standard InChI is InChI=1S/C13H14N2O3/c1-2-3-9-14-13(18)15-11(12(16)17)10-7-5-4-6-8-10/h4-8,11H,9H2,1H3,(H,16,17)(H2,14,15,18)/t11-/m1/s1. The predicted molar refractivity (Wildman–Crippen MR) is 66.8 cm³/mol. The van der Waals surface area contributed by atoms with Crippen LogP contribution in [0.25, 0.3) is 0 Å². The fraction of sp³-hybridized carbons (Fsp3) is 0.231. The first-order valence-corrected chi connectivity index (χ1v) is 5.37. The summed E-state index contributed by atoms with van der Waals surface area (Å²) in [6, 6.07) is 6.87. The summed E-state index contributed by atoms with van der Waals surface area (Å²) in [7, 11) is 0. The molecule has 0 unspecified atom stereocenters. The maximum absolute atomic E-state index is 11.5. The number of urea groups is 1. The zero-order chi connectivity index (χ0) is 13.4. The summed E-state index contributed by atoms with van der Waals surface area (Å²) in [6.07, 6.45) is 0. The highest BCUT2D eigenvalue weighted by Gasteiger charge is 2.21. The van der Waals surface area contributed by atoms with Gasteiger partial charge in [0.05, 0.1) is 6.54 Å². The van der Waals surface area contributed by atoms with Crippen LogP contribution in [0.4, 0.5) is 4.79 Å². The van der Waals surface area contributed by atoms with Crippen molar-refractivity contribution in [2.45, 2.75) is 13.0 Å². The van der Waals surface area contributed by atoms with Crippen molar-refractivity contribution in [1.82, 2.24) is 10.6 Å². The zero-order valence-corrected chi connectivity index (χ0v) is 9.93. The fourth-order valence-electron chi connectivity index (χ4n) is 1.33. The van der Waals surface area contributed by atoms with E-state index in [4.69, 9.17) is 5.11 Å².